The van der Waals surface area contributed by atoms with E-state index in [1.165, 1.54) is 24.0 Å². The Balaban J connectivity index is 1.54. The van der Waals surface area contributed by atoms with Crippen molar-refractivity contribution in [2.75, 3.05) is 0 Å². The molecule has 28 heavy (non-hydrogen) atoms. The van der Waals surface area contributed by atoms with Crippen LogP contribution in [0.4, 0.5) is 0 Å². The summed E-state index contributed by atoms with van der Waals surface area (Å²) in [6.45, 7) is 6.05. The van der Waals surface area contributed by atoms with E-state index in [1.54, 1.807) is 0 Å². The molecular formula is C24H32O4. The number of benzene rings is 1. The molecule has 0 N–H and O–H groups in total. The van der Waals surface area contributed by atoms with E-state index in [2.05, 4.69) is 19.1 Å². The molecule has 4 nitrogen and oxygen atoms in total. The topological polar surface area (TPSA) is 52.6 Å². The van der Waals surface area contributed by atoms with Crippen molar-refractivity contribution in [2.24, 2.45) is 17.3 Å². The third kappa shape index (κ3) is 3.25. The summed E-state index contributed by atoms with van der Waals surface area (Å²) in [6, 6.07) is 6.23. The number of carbonyl (C=O) groups is 2. The third-order valence-corrected chi connectivity index (χ3v) is 7.69. The van der Waals surface area contributed by atoms with Crippen molar-refractivity contribution in [1.29, 1.82) is 0 Å². The zero-order chi connectivity index (χ0) is 19.9. The number of hydrogen-bond donors (Lipinski definition) is 0. The van der Waals surface area contributed by atoms with Gasteiger partial charge in [0, 0.05) is 18.3 Å². The van der Waals surface area contributed by atoms with Crippen LogP contribution >= 0.6 is 0 Å². The molecule has 3 aliphatic rings. The fraction of sp³-hybridized carbons (Fsp3) is 0.667. The van der Waals surface area contributed by atoms with Gasteiger partial charge in [-0.1, -0.05) is 26.8 Å². The van der Waals surface area contributed by atoms with Crippen molar-refractivity contribution in [2.45, 2.75) is 84.2 Å². The van der Waals surface area contributed by atoms with Crippen LogP contribution in [0.2, 0.25) is 0 Å². The highest BCUT2D eigenvalue weighted by molar-refractivity contribution is 5.72. The first-order valence-corrected chi connectivity index (χ1v) is 11.0. The van der Waals surface area contributed by atoms with E-state index in [-0.39, 0.29) is 23.5 Å². The molecule has 0 amide bonds. The maximum absolute atomic E-state index is 11.9. The predicted molar refractivity (Wildman–Crippen MR) is 107 cm³/mol. The Morgan fingerprint density at radius 1 is 1.07 bits per heavy atom. The standard InChI is InChI=1S/C24H32O4/c1-4-22(25)27-16-7-9-17-15(14-16)6-8-19-18(17)12-13-24(3)20(19)10-11-21(24)28-23(26)5-2/h7,9,14,18-21H,4-6,8,10-13H2,1-3H3/t18-,19+,20+,21-,24+/m0/s1. The number of ether oxygens (including phenoxy) is 2. The van der Waals surface area contributed by atoms with Gasteiger partial charge in [-0.25, -0.2) is 0 Å². The molecule has 4 heteroatoms. The lowest BCUT2D eigenvalue weighted by Gasteiger charge is -2.50. The number of carbonyl (C=O) groups excluding carboxylic acids is 2. The van der Waals surface area contributed by atoms with Crippen LogP contribution in [-0.4, -0.2) is 18.0 Å². The highest BCUT2D eigenvalue weighted by atomic mass is 16.5. The molecule has 0 aliphatic heterocycles. The maximum atomic E-state index is 11.9. The van der Waals surface area contributed by atoms with Crippen LogP contribution in [0.5, 0.6) is 5.75 Å². The van der Waals surface area contributed by atoms with Crippen molar-refractivity contribution in [3.63, 3.8) is 0 Å². The van der Waals surface area contributed by atoms with E-state index in [1.807, 2.05) is 19.9 Å². The van der Waals surface area contributed by atoms with E-state index in [0.717, 1.165) is 25.7 Å². The van der Waals surface area contributed by atoms with E-state index >= 15 is 0 Å². The normalized spacial score (nSPS) is 33.4. The summed E-state index contributed by atoms with van der Waals surface area (Å²) in [4.78, 5) is 23.5. The molecule has 0 aromatic heterocycles. The number of fused-ring (bicyclic) bond motifs is 5. The Kier molecular flexibility index (Phi) is 5.24. The van der Waals surface area contributed by atoms with E-state index in [4.69, 9.17) is 9.47 Å². The van der Waals surface area contributed by atoms with Gasteiger partial charge in [0.05, 0.1) is 0 Å². The quantitative estimate of drug-likeness (QED) is 0.530. The second-order valence-corrected chi connectivity index (χ2v) is 9.06. The zero-order valence-corrected chi connectivity index (χ0v) is 17.3. The zero-order valence-electron chi connectivity index (χ0n) is 17.3. The molecule has 0 radical (unpaired) electrons. The monoisotopic (exact) mass is 384 g/mol. The van der Waals surface area contributed by atoms with Gasteiger partial charge in [-0.05, 0) is 79.5 Å². The van der Waals surface area contributed by atoms with Gasteiger partial charge in [0.2, 0.25) is 0 Å². The fourth-order valence-electron chi connectivity index (χ4n) is 6.21. The summed E-state index contributed by atoms with van der Waals surface area (Å²) in [5.41, 5.74) is 2.92. The Morgan fingerprint density at radius 2 is 1.86 bits per heavy atom. The van der Waals surface area contributed by atoms with Crippen molar-refractivity contribution < 1.29 is 19.1 Å². The first-order chi connectivity index (χ1) is 13.5. The van der Waals surface area contributed by atoms with Gasteiger partial charge in [0.15, 0.2) is 0 Å². The van der Waals surface area contributed by atoms with Gasteiger partial charge in [-0.15, -0.1) is 0 Å². The summed E-state index contributed by atoms with van der Waals surface area (Å²) >= 11 is 0. The Labute approximate surface area is 168 Å². The predicted octanol–water partition coefficient (Wildman–Crippen LogP) is 5.18. The highest BCUT2D eigenvalue weighted by Crippen LogP contribution is 2.61. The molecule has 0 bridgehead atoms. The second kappa shape index (κ2) is 7.53. The lowest BCUT2D eigenvalue weighted by Crippen LogP contribution is -2.45. The van der Waals surface area contributed by atoms with Crippen LogP contribution < -0.4 is 4.74 Å². The second-order valence-electron chi connectivity index (χ2n) is 9.06. The summed E-state index contributed by atoms with van der Waals surface area (Å²) in [5.74, 6) is 2.32. The molecule has 4 rings (SSSR count). The van der Waals surface area contributed by atoms with Crippen LogP contribution in [0.1, 0.15) is 82.8 Å². The first kappa shape index (κ1) is 19.5. The number of aryl methyl sites for hydroxylation is 1. The van der Waals surface area contributed by atoms with Crippen molar-refractivity contribution in [3.05, 3.63) is 29.3 Å². The van der Waals surface area contributed by atoms with Gasteiger partial charge in [-0.2, -0.15) is 0 Å². The molecule has 0 spiro atoms. The van der Waals surface area contributed by atoms with Gasteiger partial charge in [0.25, 0.3) is 0 Å². The van der Waals surface area contributed by atoms with Gasteiger partial charge in [-0.3, -0.25) is 9.59 Å². The molecule has 1 aromatic carbocycles. The maximum Gasteiger partial charge on any atom is 0.310 e. The van der Waals surface area contributed by atoms with E-state index in [9.17, 15) is 9.59 Å². The molecule has 0 unspecified atom stereocenters. The van der Waals surface area contributed by atoms with Gasteiger partial charge in [0.1, 0.15) is 11.9 Å². The summed E-state index contributed by atoms with van der Waals surface area (Å²) in [6.07, 6.45) is 7.61. The van der Waals surface area contributed by atoms with Crippen LogP contribution in [0, 0.1) is 17.3 Å². The minimum absolute atomic E-state index is 0.0582. The van der Waals surface area contributed by atoms with Crippen molar-refractivity contribution in [1.82, 2.24) is 0 Å². The van der Waals surface area contributed by atoms with E-state index < -0.39 is 0 Å². The fourth-order valence-corrected chi connectivity index (χ4v) is 6.21. The molecule has 1 aromatic rings. The number of rotatable bonds is 4. The molecule has 0 saturated heterocycles. The molecular weight excluding hydrogens is 352 g/mol. The van der Waals surface area contributed by atoms with Crippen molar-refractivity contribution in [3.8, 4) is 5.75 Å². The minimum atomic E-state index is -0.180. The minimum Gasteiger partial charge on any atom is -0.462 e. The van der Waals surface area contributed by atoms with Gasteiger partial charge < -0.3 is 9.47 Å². The Morgan fingerprint density at radius 3 is 2.61 bits per heavy atom. The average molecular weight is 385 g/mol. The van der Waals surface area contributed by atoms with Crippen LogP contribution in [-0.2, 0) is 20.7 Å². The molecule has 152 valence electrons. The SMILES string of the molecule is CCC(=O)Oc1ccc2c(c1)CC[C@H]1[C@H]3CC[C@H](OC(=O)CC)[C@]3(C)CC[C@@H]21. The Hall–Kier alpha value is -1.84. The van der Waals surface area contributed by atoms with Crippen LogP contribution in [0.3, 0.4) is 0 Å². The molecule has 3 aliphatic carbocycles. The molecule has 0 heterocycles. The lowest BCUT2D eigenvalue weighted by molar-refractivity contribution is -0.157. The summed E-state index contributed by atoms with van der Waals surface area (Å²) in [7, 11) is 0. The molecule has 2 fully saturated rings. The average Bonchev–Trinajstić information content (AvgIpc) is 3.03. The van der Waals surface area contributed by atoms with E-state index in [0.29, 0.717) is 36.3 Å². The smallest absolute Gasteiger partial charge is 0.310 e. The number of esters is 2. The number of hydrogen-bond acceptors (Lipinski definition) is 4. The first-order valence-electron chi connectivity index (χ1n) is 11.0. The highest BCUT2D eigenvalue weighted by Gasteiger charge is 2.56. The lowest BCUT2D eigenvalue weighted by atomic mass is 9.55. The van der Waals surface area contributed by atoms with Gasteiger partial charge >= 0.3 is 11.9 Å². The van der Waals surface area contributed by atoms with Crippen LogP contribution in [0.15, 0.2) is 18.2 Å². The largest absolute Gasteiger partial charge is 0.462 e. The summed E-state index contributed by atoms with van der Waals surface area (Å²) in [5, 5.41) is 0. The van der Waals surface area contributed by atoms with Crippen molar-refractivity contribution >= 4 is 11.9 Å². The molecule has 2 saturated carbocycles. The Bertz CT molecular complexity index is 770. The van der Waals surface area contributed by atoms with Crippen LogP contribution in [0.25, 0.3) is 0 Å². The summed E-state index contributed by atoms with van der Waals surface area (Å²) < 4.78 is 11.3. The molecule has 5 atom stereocenters. The third-order valence-electron chi connectivity index (χ3n) is 7.69.